The first-order valence-electron chi connectivity index (χ1n) is 9.73. The van der Waals surface area contributed by atoms with Crippen molar-refractivity contribution in [2.75, 3.05) is 5.32 Å². The highest BCUT2D eigenvalue weighted by atomic mass is 32.2. The molecule has 0 saturated carbocycles. The maximum absolute atomic E-state index is 12.1. The van der Waals surface area contributed by atoms with Crippen LogP contribution in [-0.4, -0.2) is 15.9 Å². The van der Waals surface area contributed by atoms with Gasteiger partial charge in [0.15, 0.2) is 5.13 Å². The number of anilines is 1. The Morgan fingerprint density at radius 2 is 1.97 bits per heavy atom. The SMILES string of the molecule is CC(C)(C)Cc1cnc(CSc2cnc(NC(=O)CCCc3ccccc3)s2)o1. The fourth-order valence-electron chi connectivity index (χ4n) is 2.82. The van der Waals surface area contributed by atoms with Gasteiger partial charge in [0, 0.05) is 12.8 Å². The molecule has 0 aliphatic carbocycles. The summed E-state index contributed by atoms with van der Waals surface area (Å²) < 4.78 is 6.84. The standard InChI is InChI=1S/C22H27N3O2S2/c1-22(2,3)12-17-13-23-19(27-17)15-28-20-14-24-21(29-20)25-18(26)11-7-10-16-8-5-4-6-9-16/h4-6,8-9,13-14H,7,10-12,15H2,1-3H3,(H,24,25,26). The molecule has 0 radical (unpaired) electrons. The smallest absolute Gasteiger partial charge is 0.226 e. The van der Waals surface area contributed by atoms with Crippen LogP contribution in [0, 0.1) is 5.41 Å². The van der Waals surface area contributed by atoms with E-state index >= 15 is 0 Å². The monoisotopic (exact) mass is 429 g/mol. The zero-order chi connectivity index (χ0) is 20.7. The maximum atomic E-state index is 12.1. The molecule has 0 fully saturated rings. The van der Waals surface area contributed by atoms with Crippen LogP contribution in [0.25, 0.3) is 0 Å². The zero-order valence-electron chi connectivity index (χ0n) is 17.1. The van der Waals surface area contributed by atoms with Gasteiger partial charge >= 0.3 is 0 Å². The molecule has 0 aliphatic heterocycles. The van der Waals surface area contributed by atoms with Crippen LogP contribution in [0.15, 0.2) is 51.4 Å². The van der Waals surface area contributed by atoms with Crippen molar-refractivity contribution in [3.05, 3.63) is 59.9 Å². The molecule has 2 aromatic heterocycles. The number of hydrogen-bond donors (Lipinski definition) is 1. The molecule has 29 heavy (non-hydrogen) atoms. The Morgan fingerprint density at radius 3 is 2.72 bits per heavy atom. The summed E-state index contributed by atoms with van der Waals surface area (Å²) in [7, 11) is 0. The average molecular weight is 430 g/mol. The van der Waals surface area contributed by atoms with Gasteiger partial charge in [-0.1, -0.05) is 62.4 Å². The average Bonchev–Trinajstić information content (AvgIpc) is 3.29. The summed E-state index contributed by atoms with van der Waals surface area (Å²) in [5, 5.41) is 3.53. The van der Waals surface area contributed by atoms with Crippen molar-refractivity contribution >= 4 is 34.1 Å². The van der Waals surface area contributed by atoms with Gasteiger partial charge in [0.25, 0.3) is 0 Å². The molecule has 0 unspecified atom stereocenters. The number of aromatic nitrogens is 2. The first-order chi connectivity index (χ1) is 13.9. The quantitative estimate of drug-likeness (QED) is 0.424. The maximum Gasteiger partial charge on any atom is 0.226 e. The molecular formula is C22H27N3O2S2. The van der Waals surface area contributed by atoms with E-state index in [2.05, 4.69) is 48.2 Å². The number of amides is 1. The predicted octanol–water partition coefficient (Wildman–Crippen LogP) is 5.97. The van der Waals surface area contributed by atoms with Gasteiger partial charge in [-0.3, -0.25) is 4.79 Å². The summed E-state index contributed by atoms with van der Waals surface area (Å²) in [6.45, 7) is 6.54. The summed E-state index contributed by atoms with van der Waals surface area (Å²) in [5.41, 5.74) is 1.43. The molecule has 2 heterocycles. The van der Waals surface area contributed by atoms with Crippen LogP contribution in [0.3, 0.4) is 0 Å². The van der Waals surface area contributed by atoms with Gasteiger partial charge in [0.05, 0.1) is 22.4 Å². The minimum absolute atomic E-state index is 0.00588. The van der Waals surface area contributed by atoms with E-state index in [-0.39, 0.29) is 11.3 Å². The highest BCUT2D eigenvalue weighted by Crippen LogP contribution is 2.31. The van der Waals surface area contributed by atoms with Crippen LogP contribution < -0.4 is 5.32 Å². The van der Waals surface area contributed by atoms with Crippen LogP contribution >= 0.6 is 23.1 Å². The van der Waals surface area contributed by atoms with Gasteiger partial charge in [-0.05, 0) is 23.8 Å². The van der Waals surface area contributed by atoms with Gasteiger partial charge in [-0.25, -0.2) is 9.97 Å². The molecule has 0 saturated heterocycles. The van der Waals surface area contributed by atoms with Gasteiger partial charge in [0.2, 0.25) is 11.8 Å². The van der Waals surface area contributed by atoms with Crippen LogP contribution in [0.2, 0.25) is 0 Å². The van der Waals surface area contributed by atoms with Gasteiger partial charge in [0.1, 0.15) is 5.76 Å². The van der Waals surface area contributed by atoms with Crippen molar-refractivity contribution in [2.45, 2.75) is 56.4 Å². The van der Waals surface area contributed by atoms with E-state index in [1.54, 1.807) is 18.0 Å². The van der Waals surface area contributed by atoms with E-state index in [1.165, 1.54) is 16.9 Å². The van der Waals surface area contributed by atoms with Gasteiger partial charge in [-0.15, -0.1) is 11.8 Å². The third-order valence-electron chi connectivity index (χ3n) is 4.09. The molecule has 0 bridgehead atoms. The second kappa shape index (κ2) is 10.1. The predicted molar refractivity (Wildman–Crippen MR) is 119 cm³/mol. The van der Waals surface area contributed by atoms with E-state index in [1.807, 2.05) is 24.4 Å². The summed E-state index contributed by atoms with van der Waals surface area (Å²) >= 11 is 3.09. The number of hydrogen-bond acceptors (Lipinski definition) is 6. The Bertz CT molecular complexity index is 914. The lowest BCUT2D eigenvalue weighted by Gasteiger charge is -2.15. The lowest BCUT2D eigenvalue weighted by Crippen LogP contribution is -2.11. The fourth-order valence-corrected chi connectivity index (χ4v) is 4.56. The fraction of sp³-hybridized carbons (Fsp3) is 0.409. The van der Waals surface area contributed by atoms with E-state index in [4.69, 9.17) is 4.42 Å². The summed E-state index contributed by atoms with van der Waals surface area (Å²) in [6, 6.07) is 10.2. The largest absolute Gasteiger partial charge is 0.445 e. The number of thioether (sulfide) groups is 1. The van der Waals surface area contributed by atoms with Crippen molar-refractivity contribution in [1.29, 1.82) is 0 Å². The van der Waals surface area contributed by atoms with E-state index in [0.717, 1.165) is 29.2 Å². The highest BCUT2D eigenvalue weighted by Gasteiger charge is 2.15. The Labute approximate surface area is 180 Å². The number of carbonyl (C=O) groups is 1. The Morgan fingerprint density at radius 1 is 1.17 bits per heavy atom. The number of benzene rings is 1. The minimum atomic E-state index is 0.00588. The minimum Gasteiger partial charge on any atom is -0.445 e. The number of aryl methyl sites for hydroxylation is 1. The topological polar surface area (TPSA) is 68.0 Å². The normalized spacial score (nSPS) is 11.6. The summed E-state index contributed by atoms with van der Waals surface area (Å²) in [6.07, 6.45) is 6.68. The first-order valence-corrected chi connectivity index (χ1v) is 11.5. The number of rotatable bonds is 9. The Kier molecular flexibility index (Phi) is 7.50. The van der Waals surface area contributed by atoms with E-state index in [9.17, 15) is 4.79 Å². The summed E-state index contributed by atoms with van der Waals surface area (Å²) in [4.78, 5) is 20.8. The summed E-state index contributed by atoms with van der Waals surface area (Å²) in [5.74, 6) is 2.29. The number of oxazole rings is 1. The van der Waals surface area contributed by atoms with Crippen molar-refractivity contribution in [2.24, 2.45) is 5.41 Å². The van der Waals surface area contributed by atoms with Gasteiger partial charge in [-0.2, -0.15) is 0 Å². The molecule has 1 amide bonds. The third kappa shape index (κ3) is 7.66. The molecule has 154 valence electrons. The number of carbonyl (C=O) groups excluding carboxylic acids is 1. The highest BCUT2D eigenvalue weighted by molar-refractivity contribution is 8.00. The lowest BCUT2D eigenvalue weighted by molar-refractivity contribution is -0.116. The van der Waals surface area contributed by atoms with Crippen LogP contribution in [0.4, 0.5) is 5.13 Å². The van der Waals surface area contributed by atoms with E-state index in [0.29, 0.717) is 23.2 Å². The first kappa shape index (κ1) is 21.6. The molecule has 3 rings (SSSR count). The molecule has 0 atom stereocenters. The molecule has 0 aliphatic rings. The van der Waals surface area contributed by atoms with Gasteiger partial charge < -0.3 is 9.73 Å². The van der Waals surface area contributed by atoms with Crippen molar-refractivity contribution in [3.63, 3.8) is 0 Å². The molecule has 5 nitrogen and oxygen atoms in total. The molecule has 1 aromatic carbocycles. The van der Waals surface area contributed by atoms with Crippen molar-refractivity contribution in [3.8, 4) is 0 Å². The van der Waals surface area contributed by atoms with Crippen molar-refractivity contribution in [1.82, 2.24) is 9.97 Å². The molecular weight excluding hydrogens is 402 g/mol. The van der Waals surface area contributed by atoms with E-state index < -0.39 is 0 Å². The molecule has 3 aromatic rings. The second-order valence-electron chi connectivity index (χ2n) is 8.12. The van der Waals surface area contributed by atoms with Crippen LogP contribution in [0.1, 0.15) is 50.8 Å². The third-order valence-corrected chi connectivity index (χ3v) is 6.18. The molecule has 1 N–H and O–H groups in total. The Balaban J connectivity index is 1.40. The van der Waals surface area contributed by atoms with Crippen molar-refractivity contribution < 1.29 is 9.21 Å². The molecule has 0 spiro atoms. The Hall–Kier alpha value is -2.12. The number of thiazole rings is 1. The van der Waals surface area contributed by atoms with Crippen LogP contribution in [-0.2, 0) is 23.4 Å². The lowest BCUT2D eigenvalue weighted by atomic mass is 9.91. The number of nitrogens with zero attached hydrogens (tertiary/aromatic N) is 2. The number of nitrogens with one attached hydrogen (secondary N) is 1. The zero-order valence-corrected chi connectivity index (χ0v) is 18.7. The second-order valence-corrected chi connectivity index (χ2v) is 10.4. The van der Waals surface area contributed by atoms with Crippen LogP contribution in [0.5, 0.6) is 0 Å². The molecule has 7 heteroatoms.